The van der Waals surface area contributed by atoms with Crippen molar-refractivity contribution in [1.29, 1.82) is 0 Å². The average molecular weight is 246 g/mol. The molecule has 1 saturated heterocycles. The second kappa shape index (κ2) is 4.81. The number of anilines is 1. The number of nitrogens with two attached hydrogens (primary N) is 1. The molecule has 1 aromatic carbocycles. The molecule has 0 bridgehead atoms. The van der Waals surface area contributed by atoms with Crippen LogP contribution in [-0.2, 0) is 6.54 Å². The first-order valence-electron chi connectivity index (χ1n) is 6.90. The van der Waals surface area contributed by atoms with Gasteiger partial charge in [0.25, 0.3) is 0 Å². The summed E-state index contributed by atoms with van der Waals surface area (Å²) in [6.45, 7) is 3.54. The van der Waals surface area contributed by atoms with Crippen molar-refractivity contribution in [1.82, 2.24) is 4.90 Å². The van der Waals surface area contributed by atoms with Gasteiger partial charge in [-0.15, -0.1) is 0 Å². The Bertz CT molecular complexity index is 421. The number of likely N-dealkylation sites (tertiary alicyclic amines) is 1. The Morgan fingerprint density at radius 2 is 1.94 bits per heavy atom. The van der Waals surface area contributed by atoms with Crippen molar-refractivity contribution in [3.8, 4) is 5.75 Å². The molecule has 1 aliphatic carbocycles. The zero-order valence-electron chi connectivity index (χ0n) is 11.1. The molecule has 0 aromatic heterocycles. The maximum absolute atomic E-state index is 5.90. The molecule has 2 atom stereocenters. The fourth-order valence-electron chi connectivity index (χ4n) is 3.61. The number of hydrogen-bond acceptors (Lipinski definition) is 3. The van der Waals surface area contributed by atoms with Crippen molar-refractivity contribution >= 4 is 5.69 Å². The van der Waals surface area contributed by atoms with Gasteiger partial charge >= 0.3 is 0 Å². The molecule has 3 heteroatoms. The summed E-state index contributed by atoms with van der Waals surface area (Å²) in [5.74, 6) is 2.77. The van der Waals surface area contributed by atoms with E-state index in [0.717, 1.165) is 29.8 Å². The minimum Gasteiger partial charge on any atom is -0.497 e. The van der Waals surface area contributed by atoms with Gasteiger partial charge in [-0.1, -0.05) is 6.42 Å². The highest BCUT2D eigenvalue weighted by molar-refractivity contribution is 5.47. The van der Waals surface area contributed by atoms with Gasteiger partial charge in [-0.3, -0.25) is 4.90 Å². The van der Waals surface area contributed by atoms with Crippen LogP contribution in [0.2, 0.25) is 0 Å². The molecule has 2 N–H and O–H groups in total. The van der Waals surface area contributed by atoms with Crippen molar-refractivity contribution in [3.63, 3.8) is 0 Å². The lowest BCUT2D eigenvalue weighted by molar-refractivity contribution is 0.303. The maximum atomic E-state index is 5.90. The lowest BCUT2D eigenvalue weighted by atomic mass is 10.0. The Hall–Kier alpha value is -1.22. The maximum Gasteiger partial charge on any atom is 0.121 e. The molecule has 3 rings (SSSR count). The molecule has 1 saturated carbocycles. The molecular formula is C15H22N2O. The van der Waals surface area contributed by atoms with Gasteiger partial charge in [0.2, 0.25) is 0 Å². The Labute approximate surface area is 109 Å². The van der Waals surface area contributed by atoms with Crippen LogP contribution in [0.4, 0.5) is 5.69 Å². The van der Waals surface area contributed by atoms with Gasteiger partial charge < -0.3 is 10.5 Å². The van der Waals surface area contributed by atoms with E-state index in [1.165, 1.54) is 37.9 Å². The fourth-order valence-corrected chi connectivity index (χ4v) is 3.61. The number of methoxy groups -OCH3 is 1. The Morgan fingerprint density at radius 1 is 1.22 bits per heavy atom. The van der Waals surface area contributed by atoms with Gasteiger partial charge in [-0.2, -0.15) is 0 Å². The van der Waals surface area contributed by atoms with E-state index in [9.17, 15) is 0 Å². The van der Waals surface area contributed by atoms with E-state index in [1.54, 1.807) is 7.11 Å². The van der Waals surface area contributed by atoms with Gasteiger partial charge in [0.1, 0.15) is 5.75 Å². The predicted molar refractivity (Wildman–Crippen MR) is 73.5 cm³/mol. The van der Waals surface area contributed by atoms with Crippen molar-refractivity contribution in [2.24, 2.45) is 11.8 Å². The third kappa shape index (κ3) is 2.32. The van der Waals surface area contributed by atoms with Gasteiger partial charge in [-0.05, 0) is 42.4 Å². The molecule has 0 radical (unpaired) electrons. The van der Waals surface area contributed by atoms with Crippen molar-refractivity contribution in [3.05, 3.63) is 23.8 Å². The summed E-state index contributed by atoms with van der Waals surface area (Å²) in [5, 5.41) is 0. The van der Waals surface area contributed by atoms with Crippen molar-refractivity contribution in [2.45, 2.75) is 25.8 Å². The van der Waals surface area contributed by atoms with Crippen LogP contribution in [0.1, 0.15) is 24.8 Å². The fraction of sp³-hybridized carbons (Fsp3) is 0.600. The molecule has 98 valence electrons. The molecule has 1 aromatic rings. The molecule has 2 aliphatic rings. The second-order valence-electron chi connectivity index (χ2n) is 5.76. The third-order valence-electron chi connectivity index (χ3n) is 4.43. The normalized spacial score (nSPS) is 27.4. The largest absolute Gasteiger partial charge is 0.497 e. The topological polar surface area (TPSA) is 38.5 Å². The molecule has 1 heterocycles. The summed E-state index contributed by atoms with van der Waals surface area (Å²) >= 11 is 0. The first-order valence-corrected chi connectivity index (χ1v) is 6.90. The first kappa shape index (κ1) is 11.8. The molecule has 3 nitrogen and oxygen atoms in total. The minimum absolute atomic E-state index is 0.795. The number of nitrogen functional groups attached to an aromatic ring is 1. The molecule has 1 aliphatic heterocycles. The van der Waals surface area contributed by atoms with Crippen LogP contribution < -0.4 is 10.5 Å². The molecule has 2 unspecified atom stereocenters. The standard InChI is InChI=1S/C15H22N2O/c1-18-15-6-11(5-14(16)7-15)8-17-9-12-3-2-4-13(12)10-17/h5-7,12-13H,2-4,8-10,16H2,1H3. The zero-order valence-corrected chi connectivity index (χ0v) is 11.1. The summed E-state index contributed by atoms with van der Waals surface area (Å²) in [6.07, 6.45) is 4.30. The van der Waals surface area contributed by atoms with Crippen LogP contribution in [0.3, 0.4) is 0 Å². The molecule has 2 fully saturated rings. The summed E-state index contributed by atoms with van der Waals surface area (Å²) in [4.78, 5) is 2.57. The monoisotopic (exact) mass is 246 g/mol. The number of ether oxygens (including phenoxy) is 1. The zero-order chi connectivity index (χ0) is 12.5. The van der Waals surface area contributed by atoms with Crippen molar-refractivity contribution < 1.29 is 4.74 Å². The SMILES string of the molecule is COc1cc(N)cc(CN2CC3CCCC3C2)c1. The van der Waals surface area contributed by atoms with E-state index < -0.39 is 0 Å². The smallest absolute Gasteiger partial charge is 0.121 e. The van der Waals surface area contributed by atoms with Crippen LogP contribution in [0.5, 0.6) is 5.75 Å². The van der Waals surface area contributed by atoms with Crippen LogP contribution in [0.15, 0.2) is 18.2 Å². The van der Waals surface area contributed by atoms with E-state index in [0.29, 0.717) is 0 Å². The molecule has 0 spiro atoms. The highest BCUT2D eigenvalue weighted by atomic mass is 16.5. The molecule has 0 amide bonds. The first-order chi connectivity index (χ1) is 8.74. The van der Waals surface area contributed by atoms with Crippen molar-refractivity contribution in [2.75, 3.05) is 25.9 Å². The van der Waals surface area contributed by atoms with Gasteiger partial charge in [0.05, 0.1) is 7.11 Å². The highest BCUT2D eigenvalue weighted by Gasteiger charge is 2.35. The van der Waals surface area contributed by atoms with E-state index in [1.807, 2.05) is 6.07 Å². The number of fused-ring (bicyclic) bond motifs is 1. The van der Waals surface area contributed by atoms with Crippen LogP contribution in [0, 0.1) is 11.8 Å². The van der Waals surface area contributed by atoms with E-state index >= 15 is 0 Å². The minimum atomic E-state index is 0.795. The number of nitrogens with zero attached hydrogens (tertiary/aromatic N) is 1. The van der Waals surface area contributed by atoms with E-state index in [4.69, 9.17) is 10.5 Å². The summed E-state index contributed by atoms with van der Waals surface area (Å²) in [7, 11) is 1.69. The second-order valence-corrected chi connectivity index (χ2v) is 5.76. The van der Waals surface area contributed by atoms with E-state index in [-0.39, 0.29) is 0 Å². The Balaban J connectivity index is 1.68. The van der Waals surface area contributed by atoms with Crippen LogP contribution in [-0.4, -0.2) is 25.1 Å². The van der Waals surface area contributed by atoms with E-state index in [2.05, 4.69) is 17.0 Å². The van der Waals surface area contributed by atoms with Gasteiger partial charge in [0.15, 0.2) is 0 Å². The highest BCUT2D eigenvalue weighted by Crippen LogP contribution is 2.38. The van der Waals surface area contributed by atoms with Crippen LogP contribution >= 0.6 is 0 Å². The quantitative estimate of drug-likeness (QED) is 0.833. The lowest BCUT2D eigenvalue weighted by Gasteiger charge is -2.17. The number of hydrogen-bond donors (Lipinski definition) is 1. The summed E-state index contributed by atoms with van der Waals surface area (Å²) < 4.78 is 5.28. The average Bonchev–Trinajstić information content (AvgIpc) is 2.88. The van der Waals surface area contributed by atoms with Gasteiger partial charge in [0, 0.05) is 31.4 Å². The third-order valence-corrected chi connectivity index (χ3v) is 4.43. The Kier molecular flexibility index (Phi) is 3.16. The Morgan fingerprint density at radius 3 is 2.61 bits per heavy atom. The van der Waals surface area contributed by atoms with Gasteiger partial charge in [-0.25, -0.2) is 0 Å². The number of rotatable bonds is 3. The number of benzene rings is 1. The summed E-state index contributed by atoms with van der Waals surface area (Å²) in [5.41, 5.74) is 7.97. The predicted octanol–water partition coefficient (Wildman–Crippen LogP) is 2.51. The molecular weight excluding hydrogens is 224 g/mol. The molecule has 18 heavy (non-hydrogen) atoms. The van der Waals surface area contributed by atoms with Crippen LogP contribution in [0.25, 0.3) is 0 Å². The summed E-state index contributed by atoms with van der Waals surface area (Å²) in [6, 6.07) is 6.04. The lowest BCUT2D eigenvalue weighted by Crippen LogP contribution is -2.21.